The van der Waals surface area contributed by atoms with Crippen LogP contribution >= 0.6 is 30.0 Å². The number of amides is 2. The molecule has 2 atom stereocenters. The molecule has 2 aliphatic heterocycles. The van der Waals surface area contributed by atoms with E-state index in [0.717, 1.165) is 67.4 Å². The van der Waals surface area contributed by atoms with E-state index >= 15 is 0 Å². The molecule has 1 aromatic heterocycles. The molecule has 2 aromatic rings. The number of benzene rings is 1. The van der Waals surface area contributed by atoms with Gasteiger partial charge < -0.3 is 25.4 Å². The lowest BCUT2D eigenvalue weighted by atomic mass is 10.1. The van der Waals surface area contributed by atoms with E-state index in [1.807, 2.05) is 12.1 Å². The predicted molar refractivity (Wildman–Crippen MR) is 178 cm³/mol. The molecule has 8 nitrogen and oxygen atoms in total. The largest absolute Gasteiger partial charge is 0.493 e. The van der Waals surface area contributed by atoms with Gasteiger partial charge in [-0.2, -0.15) is 0 Å². The van der Waals surface area contributed by atoms with Gasteiger partial charge in [-0.3, -0.25) is 9.59 Å². The van der Waals surface area contributed by atoms with Gasteiger partial charge in [0.2, 0.25) is 11.8 Å². The van der Waals surface area contributed by atoms with Gasteiger partial charge in [0, 0.05) is 41.6 Å². The van der Waals surface area contributed by atoms with Gasteiger partial charge in [-0.15, -0.1) is 11.3 Å². The van der Waals surface area contributed by atoms with E-state index < -0.39 is 7.12 Å². The second kappa shape index (κ2) is 18.5. The summed E-state index contributed by atoms with van der Waals surface area (Å²) in [6.45, 7) is 14.0. The van der Waals surface area contributed by atoms with E-state index in [0.29, 0.717) is 18.8 Å². The highest BCUT2D eigenvalue weighted by molar-refractivity contribution is 8.56. The highest BCUT2D eigenvalue weighted by Gasteiger charge is 2.29. The number of ether oxygens (including phenoxy) is 2. The van der Waals surface area contributed by atoms with Crippen LogP contribution in [0.5, 0.6) is 5.75 Å². The summed E-state index contributed by atoms with van der Waals surface area (Å²) in [5.74, 6) is 0.840. The Morgan fingerprint density at radius 2 is 2.07 bits per heavy atom. The van der Waals surface area contributed by atoms with Gasteiger partial charge in [-0.1, -0.05) is 26.8 Å². The van der Waals surface area contributed by atoms with Crippen molar-refractivity contribution in [1.29, 1.82) is 0 Å². The minimum absolute atomic E-state index is 0.00347. The molecule has 42 heavy (non-hydrogen) atoms. The summed E-state index contributed by atoms with van der Waals surface area (Å²) in [6.07, 6.45) is 7.19. The molecule has 4 N–H and O–H groups in total. The van der Waals surface area contributed by atoms with Crippen LogP contribution in [-0.4, -0.2) is 62.3 Å². The number of likely N-dealkylation sites (tertiary alicyclic amines) is 1. The van der Waals surface area contributed by atoms with E-state index in [1.165, 1.54) is 35.0 Å². The Balaban J connectivity index is 0.000000531. The maximum Gasteiger partial charge on any atom is 0.241 e. The number of thiophene rings is 1. The number of fused-ring (bicyclic) bond motifs is 1. The number of nitrogens with one attached hydrogen (secondary N) is 2. The number of nitrogens with zero attached hydrogens (tertiary/aromatic N) is 1. The Hall–Kier alpha value is -2.10. The summed E-state index contributed by atoms with van der Waals surface area (Å²) in [6, 6.07) is 9.96. The van der Waals surface area contributed by atoms with Crippen LogP contribution in [0.4, 0.5) is 0 Å². The number of unbranched alkanes of at least 4 members (excludes halogenated alkanes) is 1. The molecule has 2 aliphatic rings. The molecule has 2 unspecified atom stereocenters. The zero-order chi connectivity index (χ0) is 30.3. The normalized spacial score (nSPS) is 17.0. The molecule has 0 aliphatic carbocycles. The first-order valence-corrected chi connectivity index (χ1v) is 18.9. The molecule has 1 saturated heterocycles. The topological polar surface area (TPSA) is 106 Å². The van der Waals surface area contributed by atoms with Gasteiger partial charge in [0.15, 0.2) is 0 Å². The molecular weight excluding hydrogens is 587 g/mol. The van der Waals surface area contributed by atoms with Gasteiger partial charge in [-0.25, -0.2) is 4.72 Å². The first-order chi connectivity index (χ1) is 20.3. The molecular formula is C31H47N4O4PS2. The van der Waals surface area contributed by atoms with Crippen LogP contribution in [0, 0.1) is 0 Å². The van der Waals surface area contributed by atoms with Crippen molar-refractivity contribution in [1.82, 2.24) is 14.9 Å². The van der Waals surface area contributed by atoms with E-state index in [9.17, 15) is 9.59 Å². The van der Waals surface area contributed by atoms with Crippen molar-refractivity contribution in [2.75, 3.05) is 39.6 Å². The smallest absolute Gasteiger partial charge is 0.241 e. The van der Waals surface area contributed by atoms with Gasteiger partial charge in [0.1, 0.15) is 5.75 Å². The number of nitrogens with two attached hydrogens (primary N) is 1. The van der Waals surface area contributed by atoms with Crippen molar-refractivity contribution < 1.29 is 19.1 Å². The summed E-state index contributed by atoms with van der Waals surface area (Å²) in [7, 11) is -0.514. The molecule has 0 radical (unpaired) electrons. The summed E-state index contributed by atoms with van der Waals surface area (Å²) in [5.41, 5.74) is 7.51. The third-order valence-corrected chi connectivity index (χ3v) is 11.5. The predicted octanol–water partition coefficient (Wildman–Crippen LogP) is 5.41. The Bertz CT molecular complexity index is 1160. The zero-order valence-corrected chi connectivity index (χ0v) is 27.8. The fraction of sp³-hybridized carbons (Fsp3) is 0.548. The highest BCUT2D eigenvalue weighted by Crippen LogP contribution is 2.44. The van der Waals surface area contributed by atoms with Crippen LogP contribution in [0.1, 0.15) is 67.7 Å². The van der Waals surface area contributed by atoms with Crippen molar-refractivity contribution in [3.8, 4) is 5.75 Å². The molecule has 232 valence electrons. The summed E-state index contributed by atoms with van der Waals surface area (Å²) < 4.78 is 14.3. The summed E-state index contributed by atoms with van der Waals surface area (Å²) in [5, 5.41) is 4.20. The van der Waals surface area contributed by atoms with Crippen LogP contribution in [0.2, 0.25) is 0 Å². The fourth-order valence-corrected chi connectivity index (χ4v) is 8.06. The minimum atomic E-state index is -0.514. The van der Waals surface area contributed by atoms with Crippen LogP contribution in [0.3, 0.4) is 0 Å². The van der Waals surface area contributed by atoms with E-state index in [-0.39, 0.29) is 24.4 Å². The van der Waals surface area contributed by atoms with E-state index in [2.05, 4.69) is 55.3 Å². The molecule has 0 bridgehead atoms. The second-order valence-electron chi connectivity index (χ2n) is 10.4. The maximum absolute atomic E-state index is 13.2. The van der Waals surface area contributed by atoms with Crippen molar-refractivity contribution in [3.63, 3.8) is 0 Å². The van der Waals surface area contributed by atoms with Gasteiger partial charge >= 0.3 is 0 Å². The SMILES string of the molecule is C=C(N)c1ccc(CNC(=O)CN2CCCCC(NSP(C)c3ccc4c(c3)CCO4)C2=O)s1.CCCCOCCC. The lowest BCUT2D eigenvalue weighted by Gasteiger charge is -2.25. The third-order valence-electron chi connectivity index (χ3n) is 6.91. The molecule has 1 aromatic carbocycles. The summed E-state index contributed by atoms with van der Waals surface area (Å²) >= 11 is 3.15. The lowest BCUT2D eigenvalue weighted by molar-refractivity contribution is -0.136. The third kappa shape index (κ3) is 11.2. The minimum Gasteiger partial charge on any atom is -0.493 e. The first kappa shape index (κ1) is 34.4. The van der Waals surface area contributed by atoms with E-state index in [4.69, 9.17) is 15.2 Å². The van der Waals surface area contributed by atoms with Crippen molar-refractivity contribution in [2.45, 2.75) is 71.4 Å². The lowest BCUT2D eigenvalue weighted by Crippen LogP contribution is -2.47. The molecule has 11 heteroatoms. The van der Waals surface area contributed by atoms with Crippen molar-refractivity contribution in [3.05, 3.63) is 52.2 Å². The molecule has 4 rings (SSSR count). The average molecular weight is 635 g/mol. The number of carbonyl (C=O) groups excluding carboxylic acids is 2. The average Bonchev–Trinajstić information content (AvgIpc) is 3.63. The quantitative estimate of drug-likeness (QED) is 0.145. The summed E-state index contributed by atoms with van der Waals surface area (Å²) in [4.78, 5) is 29.3. The maximum atomic E-state index is 13.2. The monoisotopic (exact) mass is 634 g/mol. The Morgan fingerprint density at radius 1 is 1.24 bits per heavy atom. The van der Waals surface area contributed by atoms with Crippen LogP contribution in [0.25, 0.3) is 5.70 Å². The second-order valence-corrected chi connectivity index (χ2v) is 15.7. The number of rotatable bonds is 14. The van der Waals surface area contributed by atoms with Crippen LogP contribution in [0.15, 0.2) is 36.9 Å². The number of carbonyl (C=O) groups is 2. The van der Waals surface area contributed by atoms with Crippen LogP contribution < -0.4 is 25.8 Å². The first-order valence-electron chi connectivity index (χ1n) is 14.9. The molecule has 2 amide bonds. The Labute approximate surface area is 260 Å². The molecule has 3 heterocycles. The molecule has 1 fully saturated rings. The standard InChI is InChI=1S/C24H31N4O3PS2.C7H16O/c1-16(25)22-9-7-19(33-22)14-26-23(29)15-28-11-4-3-5-20(24(28)30)27-34-32(2)18-6-8-21-17(13-18)10-12-31-21;1-3-5-7-8-6-4-2/h6-9,13,20,27H,1,3-5,10-12,14-15,25H2,2H3,(H,26,29);3-7H2,1-2H3. The zero-order valence-electron chi connectivity index (χ0n) is 25.3. The Kier molecular flexibility index (Phi) is 15.2. The fourth-order valence-electron chi connectivity index (χ4n) is 4.49. The van der Waals surface area contributed by atoms with Crippen molar-refractivity contribution >= 4 is 52.8 Å². The molecule has 0 spiro atoms. The Morgan fingerprint density at radius 3 is 2.81 bits per heavy atom. The highest BCUT2D eigenvalue weighted by atomic mass is 32.7. The van der Waals surface area contributed by atoms with Gasteiger partial charge in [0.25, 0.3) is 0 Å². The van der Waals surface area contributed by atoms with Gasteiger partial charge in [-0.05, 0) is 98.7 Å². The van der Waals surface area contributed by atoms with E-state index in [1.54, 1.807) is 16.5 Å². The van der Waals surface area contributed by atoms with Crippen molar-refractivity contribution in [2.24, 2.45) is 5.73 Å². The number of hydrogen-bond donors (Lipinski definition) is 3. The number of hydrogen-bond acceptors (Lipinski definition) is 8. The molecule has 0 saturated carbocycles. The van der Waals surface area contributed by atoms with Gasteiger partial charge in [0.05, 0.1) is 25.7 Å². The van der Waals surface area contributed by atoms with Crippen LogP contribution in [-0.2, 0) is 27.3 Å².